The Bertz CT molecular complexity index is 747. The molecule has 1 unspecified atom stereocenters. The maximum absolute atomic E-state index is 14.6. The monoisotopic (exact) mass is 393 g/mol. The van der Waals surface area contributed by atoms with Crippen molar-refractivity contribution in [3.05, 3.63) is 35.9 Å². The molecule has 1 aromatic carbocycles. The molecule has 0 aliphatic carbocycles. The van der Waals surface area contributed by atoms with Crippen LogP contribution in [0.2, 0.25) is 0 Å². The molecule has 0 saturated carbocycles. The summed E-state index contributed by atoms with van der Waals surface area (Å²) in [5, 5.41) is 2.92. The second-order valence-electron chi connectivity index (χ2n) is 7.36. The number of nitrogens with one attached hydrogen (secondary N) is 1. The minimum atomic E-state index is -0.731. The highest BCUT2D eigenvalue weighted by Gasteiger charge is 2.39. The number of anilines is 2. The quantitative estimate of drug-likeness (QED) is 0.679. The van der Waals surface area contributed by atoms with Gasteiger partial charge in [-0.15, -0.1) is 0 Å². The molecule has 9 heteroatoms. The fraction of sp³-hybridized carbons (Fsp3) is 0.526. The summed E-state index contributed by atoms with van der Waals surface area (Å²) in [6.45, 7) is 6.19. The van der Waals surface area contributed by atoms with Crippen LogP contribution in [0.3, 0.4) is 0 Å². The van der Waals surface area contributed by atoms with Gasteiger partial charge in [0.1, 0.15) is 5.82 Å². The molecule has 2 saturated heterocycles. The van der Waals surface area contributed by atoms with E-state index in [1.54, 1.807) is 37.1 Å². The van der Waals surface area contributed by atoms with E-state index in [9.17, 15) is 9.18 Å². The van der Waals surface area contributed by atoms with Crippen molar-refractivity contribution in [2.24, 2.45) is 11.5 Å². The van der Waals surface area contributed by atoms with Gasteiger partial charge in [0.05, 0.1) is 12.3 Å². The fourth-order valence-electron chi connectivity index (χ4n) is 3.27. The first-order valence-electron chi connectivity index (χ1n) is 9.35. The van der Waals surface area contributed by atoms with E-state index in [1.165, 1.54) is 6.07 Å². The number of piperazine rings is 1. The fourth-order valence-corrected chi connectivity index (χ4v) is 3.27. The van der Waals surface area contributed by atoms with Crippen LogP contribution < -0.4 is 21.7 Å². The highest BCUT2D eigenvalue weighted by molar-refractivity contribution is 5.81. The van der Waals surface area contributed by atoms with Gasteiger partial charge in [0.2, 0.25) is 0 Å². The lowest BCUT2D eigenvalue weighted by Crippen LogP contribution is -2.52. The van der Waals surface area contributed by atoms with Gasteiger partial charge in [0.25, 0.3) is 5.91 Å². The summed E-state index contributed by atoms with van der Waals surface area (Å²) in [6, 6.07) is 4.92. The summed E-state index contributed by atoms with van der Waals surface area (Å²) in [5.41, 5.74) is 12.6. The summed E-state index contributed by atoms with van der Waals surface area (Å²) in [5.74, 6) is -1.14. The zero-order valence-electron chi connectivity index (χ0n) is 16.3. The minimum absolute atomic E-state index is 0.0745. The normalized spacial score (nSPS) is 22.4. The Hall–Kier alpha value is -2.36. The third-order valence-corrected chi connectivity index (χ3v) is 4.82. The smallest absolute Gasteiger partial charge is 0.254 e. The summed E-state index contributed by atoms with van der Waals surface area (Å²) in [7, 11) is 0. The third kappa shape index (κ3) is 4.73. The van der Waals surface area contributed by atoms with Crippen molar-refractivity contribution in [3.8, 4) is 0 Å². The third-order valence-electron chi connectivity index (χ3n) is 4.82. The van der Waals surface area contributed by atoms with E-state index in [2.05, 4.69) is 5.32 Å². The Labute approximate surface area is 164 Å². The molecule has 2 heterocycles. The Balaban J connectivity index is 1.57. The molecule has 8 nitrogen and oxygen atoms in total. The van der Waals surface area contributed by atoms with Gasteiger partial charge < -0.3 is 36.1 Å². The summed E-state index contributed by atoms with van der Waals surface area (Å²) in [6.07, 6.45) is 0.979. The van der Waals surface area contributed by atoms with Crippen molar-refractivity contribution in [1.82, 2.24) is 4.90 Å². The maximum atomic E-state index is 14.6. The van der Waals surface area contributed by atoms with Crippen molar-refractivity contribution < 1.29 is 18.7 Å². The Morgan fingerprint density at radius 3 is 2.64 bits per heavy atom. The summed E-state index contributed by atoms with van der Waals surface area (Å²) >= 11 is 0. The van der Waals surface area contributed by atoms with Crippen LogP contribution in [0.1, 0.15) is 13.8 Å². The SMILES string of the molecule is CC1(C)OCC(C(=O)N2CCN(c3ccc(N/C=C(\N)CN)cc3F)CC2)O1. The second-order valence-corrected chi connectivity index (χ2v) is 7.36. The molecule has 0 aromatic heterocycles. The van der Waals surface area contributed by atoms with E-state index in [0.29, 0.717) is 43.3 Å². The van der Waals surface area contributed by atoms with Crippen molar-refractivity contribution in [2.75, 3.05) is 49.5 Å². The number of amides is 1. The summed E-state index contributed by atoms with van der Waals surface area (Å²) < 4.78 is 25.7. The van der Waals surface area contributed by atoms with Gasteiger partial charge >= 0.3 is 0 Å². The standard InChI is InChI=1S/C19H28FN5O3/c1-19(2)27-12-17(28-19)18(26)25-7-5-24(6-8-25)16-4-3-14(9-15(16)20)23-11-13(22)10-21/h3-4,9,11,17,23H,5-8,10,12,21-22H2,1-2H3/b13-11-. The predicted octanol–water partition coefficient (Wildman–Crippen LogP) is 0.797. The number of carbonyl (C=O) groups is 1. The van der Waals surface area contributed by atoms with E-state index in [0.717, 1.165) is 0 Å². The average Bonchev–Trinajstić information content (AvgIpc) is 3.05. The zero-order chi connectivity index (χ0) is 20.3. The van der Waals surface area contributed by atoms with Crippen LogP contribution >= 0.6 is 0 Å². The molecule has 0 bridgehead atoms. The van der Waals surface area contributed by atoms with Crippen LogP contribution in [0.4, 0.5) is 15.8 Å². The number of nitrogens with zero attached hydrogens (tertiary/aromatic N) is 2. The highest BCUT2D eigenvalue weighted by Crippen LogP contribution is 2.26. The van der Waals surface area contributed by atoms with Crippen LogP contribution in [-0.2, 0) is 14.3 Å². The second kappa shape index (κ2) is 8.34. The van der Waals surface area contributed by atoms with Gasteiger partial charge in [0, 0.05) is 50.3 Å². The van der Waals surface area contributed by atoms with Gasteiger partial charge in [-0.3, -0.25) is 4.79 Å². The molecular weight excluding hydrogens is 365 g/mol. The van der Waals surface area contributed by atoms with Gasteiger partial charge in [-0.05, 0) is 32.0 Å². The molecule has 0 radical (unpaired) electrons. The van der Waals surface area contributed by atoms with Crippen LogP contribution in [0.5, 0.6) is 0 Å². The van der Waals surface area contributed by atoms with Crippen molar-refractivity contribution in [1.29, 1.82) is 0 Å². The van der Waals surface area contributed by atoms with Gasteiger partial charge in [-0.2, -0.15) is 0 Å². The van der Waals surface area contributed by atoms with E-state index < -0.39 is 11.9 Å². The van der Waals surface area contributed by atoms with Gasteiger partial charge in [0.15, 0.2) is 11.9 Å². The van der Waals surface area contributed by atoms with Crippen LogP contribution in [0, 0.1) is 5.82 Å². The molecule has 28 heavy (non-hydrogen) atoms. The van der Waals surface area contributed by atoms with Crippen molar-refractivity contribution in [3.63, 3.8) is 0 Å². The van der Waals surface area contributed by atoms with E-state index >= 15 is 0 Å². The molecule has 1 atom stereocenters. The number of ether oxygens (including phenoxy) is 2. The van der Waals surface area contributed by atoms with Gasteiger partial charge in [-0.1, -0.05) is 0 Å². The molecule has 154 valence electrons. The van der Waals surface area contributed by atoms with E-state index in [4.69, 9.17) is 20.9 Å². The molecular formula is C19H28FN5O3. The number of rotatable bonds is 5. The van der Waals surface area contributed by atoms with Crippen molar-refractivity contribution in [2.45, 2.75) is 25.7 Å². The first-order valence-corrected chi connectivity index (χ1v) is 9.35. The lowest BCUT2D eigenvalue weighted by molar-refractivity contribution is -0.160. The molecule has 1 aromatic rings. The minimum Gasteiger partial charge on any atom is -0.400 e. The lowest BCUT2D eigenvalue weighted by atomic mass is 10.2. The molecule has 5 N–H and O–H groups in total. The number of hydrogen-bond acceptors (Lipinski definition) is 7. The topological polar surface area (TPSA) is 106 Å². The van der Waals surface area contributed by atoms with Crippen molar-refractivity contribution >= 4 is 17.3 Å². The Morgan fingerprint density at radius 2 is 2.07 bits per heavy atom. The Kier molecular flexibility index (Phi) is 6.07. The first kappa shape index (κ1) is 20.4. The lowest BCUT2D eigenvalue weighted by Gasteiger charge is -2.37. The van der Waals surface area contributed by atoms with Gasteiger partial charge in [-0.25, -0.2) is 4.39 Å². The van der Waals surface area contributed by atoms with Crippen LogP contribution in [-0.4, -0.2) is 62.0 Å². The molecule has 2 aliphatic heterocycles. The molecule has 3 rings (SSSR count). The highest BCUT2D eigenvalue weighted by atomic mass is 19.1. The first-order chi connectivity index (χ1) is 13.3. The van der Waals surface area contributed by atoms with E-state index in [-0.39, 0.29) is 24.9 Å². The number of nitrogens with two attached hydrogens (primary N) is 2. The molecule has 0 spiro atoms. The molecule has 2 aliphatic rings. The average molecular weight is 393 g/mol. The molecule has 1 amide bonds. The number of halogens is 1. The summed E-state index contributed by atoms with van der Waals surface area (Å²) in [4.78, 5) is 16.3. The largest absolute Gasteiger partial charge is 0.400 e. The van der Waals surface area contributed by atoms with Crippen LogP contribution in [0.25, 0.3) is 0 Å². The molecule has 2 fully saturated rings. The predicted molar refractivity (Wildman–Crippen MR) is 105 cm³/mol. The number of hydrogen-bond donors (Lipinski definition) is 3. The number of benzene rings is 1. The Morgan fingerprint density at radius 1 is 1.36 bits per heavy atom. The van der Waals surface area contributed by atoms with E-state index in [1.807, 2.05) is 4.90 Å². The maximum Gasteiger partial charge on any atom is 0.254 e. The van der Waals surface area contributed by atoms with Crippen LogP contribution in [0.15, 0.2) is 30.1 Å². The zero-order valence-corrected chi connectivity index (χ0v) is 16.3. The number of carbonyl (C=O) groups excluding carboxylic acids is 1.